The lowest BCUT2D eigenvalue weighted by molar-refractivity contribution is -0.126. The van der Waals surface area contributed by atoms with Crippen LogP contribution in [0.1, 0.15) is 20.3 Å². The molecular formula is C20H16Cl2N2O2. The van der Waals surface area contributed by atoms with E-state index in [1.54, 1.807) is 24.3 Å². The molecule has 0 aromatic heterocycles. The summed E-state index contributed by atoms with van der Waals surface area (Å²) in [5.74, 6) is -0.848. The summed E-state index contributed by atoms with van der Waals surface area (Å²) in [4.78, 5) is 27.4. The van der Waals surface area contributed by atoms with Crippen molar-refractivity contribution in [2.24, 2.45) is 22.7 Å². The van der Waals surface area contributed by atoms with Crippen LogP contribution in [0.3, 0.4) is 0 Å². The fourth-order valence-electron chi connectivity index (χ4n) is 4.70. The number of rotatable bonds is 2. The summed E-state index contributed by atoms with van der Waals surface area (Å²) >= 11 is 12.1. The normalized spacial score (nSPS) is 35.2. The second-order valence-electron chi connectivity index (χ2n) is 7.66. The van der Waals surface area contributed by atoms with E-state index in [1.807, 2.05) is 26.0 Å². The van der Waals surface area contributed by atoms with Crippen molar-refractivity contribution in [3.05, 3.63) is 52.0 Å². The Bertz CT molecular complexity index is 941. The molecule has 4 atom stereocenters. The summed E-state index contributed by atoms with van der Waals surface area (Å²) in [5.41, 5.74) is -0.0153. The van der Waals surface area contributed by atoms with E-state index in [-0.39, 0.29) is 29.1 Å². The van der Waals surface area contributed by atoms with Crippen LogP contribution in [-0.2, 0) is 9.59 Å². The fraction of sp³-hybridized carbons (Fsp3) is 0.350. The van der Waals surface area contributed by atoms with Crippen molar-refractivity contribution < 1.29 is 9.59 Å². The first kappa shape index (κ1) is 17.3. The fourth-order valence-corrected chi connectivity index (χ4v) is 5.21. The number of anilines is 1. The quantitative estimate of drug-likeness (QED) is 0.701. The maximum atomic E-state index is 13.1. The van der Waals surface area contributed by atoms with E-state index in [9.17, 15) is 9.59 Å². The summed E-state index contributed by atoms with van der Waals surface area (Å²) in [6.07, 6.45) is 6.28. The highest BCUT2D eigenvalue weighted by atomic mass is 35.5. The minimum absolute atomic E-state index is 0.0753. The zero-order chi connectivity index (χ0) is 18.9. The highest BCUT2D eigenvalue weighted by Crippen LogP contribution is 2.72. The summed E-state index contributed by atoms with van der Waals surface area (Å²) in [6.45, 7) is 3.90. The van der Waals surface area contributed by atoms with Gasteiger partial charge < -0.3 is 0 Å². The van der Waals surface area contributed by atoms with Gasteiger partial charge in [0.1, 0.15) is 0 Å². The Hall–Kier alpha value is -2.09. The number of nitrogens with zero attached hydrogens (tertiary/aromatic N) is 2. The average Bonchev–Trinajstić information content (AvgIpc) is 3.17. The first-order valence-electron chi connectivity index (χ1n) is 8.36. The van der Waals surface area contributed by atoms with Crippen LogP contribution in [0.5, 0.6) is 0 Å². The van der Waals surface area contributed by atoms with E-state index in [0.29, 0.717) is 27.7 Å². The van der Waals surface area contributed by atoms with Gasteiger partial charge in [0.2, 0.25) is 11.8 Å². The summed E-state index contributed by atoms with van der Waals surface area (Å²) in [5, 5.41) is 9.77. The Morgan fingerprint density at radius 2 is 1.85 bits per heavy atom. The molecule has 26 heavy (non-hydrogen) atoms. The molecule has 0 radical (unpaired) electrons. The Kier molecular flexibility index (Phi) is 3.63. The van der Waals surface area contributed by atoms with Crippen molar-refractivity contribution in [1.82, 2.24) is 0 Å². The maximum absolute atomic E-state index is 13.1. The first-order valence-corrected chi connectivity index (χ1v) is 9.12. The number of amides is 2. The van der Waals surface area contributed by atoms with Gasteiger partial charge in [-0.2, -0.15) is 5.26 Å². The van der Waals surface area contributed by atoms with Crippen molar-refractivity contribution in [3.8, 4) is 6.07 Å². The highest BCUT2D eigenvalue weighted by molar-refractivity contribution is 6.36. The molecule has 1 aliphatic heterocycles. The van der Waals surface area contributed by atoms with E-state index in [4.69, 9.17) is 28.5 Å². The van der Waals surface area contributed by atoms with Gasteiger partial charge in [0.05, 0.1) is 23.1 Å². The Balaban J connectivity index is 1.66. The minimum atomic E-state index is -0.733. The maximum Gasteiger partial charge on any atom is 0.240 e. The molecular weight excluding hydrogens is 371 g/mol. The number of hydrogen-bond acceptors (Lipinski definition) is 3. The van der Waals surface area contributed by atoms with Crippen molar-refractivity contribution in [1.29, 1.82) is 5.26 Å². The van der Waals surface area contributed by atoms with Crippen LogP contribution in [0, 0.1) is 34.0 Å². The molecule has 3 aliphatic rings. The van der Waals surface area contributed by atoms with Gasteiger partial charge in [-0.25, -0.2) is 4.90 Å². The Morgan fingerprint density at radius 1 is 1.19 bits per heavy atom. The molecule has 2 amide bonds. The number of fused-ring (bicyclic) bond motifs is 1. The highest BCUT2D eigenvalue weighted by Gasteiger charge is 2.79. The number of nitriles is 1. The molecule has 2 unspecified atom stereocenters. The zero-order valence-corrected chi connectivity index (χ0v) is 15.8. The molecule has 1 aromatic rings. The average molecular weight is 387 g/mol. The molecule has 1 heterocycles. The molecule has 0 spiro atoms. The molecule has 2 fully saturated rings. The lowest BCUT2D eigenvalue weighted by atomic mass is 9.74. The van der Waals surface area contributed by atoms with E-state index in [2.05, 4.69) is 6.07 Å². The first-order chi connectivity index (χ1) is 12.2. The number of imide groups is 1. The van der Waals surface area contributed by atoms with E-state index >= 15 is 0 Å². The van der Waals surface area contributed by atoms with Gasteiger partial charge in [-0.15, -0.1) is 0 Å². The van der Waals surface area contributed by atoms with Gasteiger partial charge in [0, 0.05) is 15.6 Å². The van der Waals surface area contributed by atoms with Crippen molar-refractivity contribution in [2.75, 3.05) is 4.90 Å². The predicted octanol–water partition coefficient (Wildman–Crippen LogP) is 4.54. The van der Waals surface area contributed by atoms with Gasteiger partial charge >= 0.3 is 0 Å². The molecule has 4 rings (SSSR count). The smallest absolute Gasteiger partial charge is 0.240 e. The largest absolute Gasteiger partial charge is 0.274 e. The third-order valence-electron chi connectivity index (χ3n) is 6.02. The van der Waals surface area contributed by atoms with Gasteiger partial charge in [-0.1, -0.05) is 42.3 Å². The van der Waals surface area contributed by atoms with Crippen LogP contribution in [0.15, 0.2) is 42.0 Å². The molecule has 0 bridgehead atoms. The van der Waals surface area contributed by atoms with Crippen molar-refractivity contribution in [3.63, 3.8) is 0 Å². The van der Waals surface area contributed by atoms with E-state index < -0.39 is 5.41 Å². The van der Waals surface area contributed by atoms with Crippen LogP contribution >= 0.6 is 23.2 Å². The lowest BCUT2D eigenvalue weighted by Crippen LogP contribution is -2.39. The Morgan fingerprint density at radius 3 is 2.31 bits per heavy atom. The molecule has 132 valence electrons. The number of benzene rings is 1. The minimum Gasteiger partial charge on any atom is -0.274 e. The molecule has 1 saturated heterocycles. The van der Waals surface area contributed by atoms with Crippen LogP contribution in [-0.4, -0.2) is 11.8 Å². The number of hydrogen-bond donors (Lipinski definition) is 0. The second kappa shape index (κ2) is 5.45. The standard InChI is InChI=1S/C20H16Cl2N2O2/c1-19(5-3-11(10-23)4-6-19)16-15-17(25)24(18(26)20(15,16)2)14-8-12(21)7-13(22)9-14/h3-5,7-9,15-16H,6H2,1-2H3/t15?,16-,19?,20-/m1/s1. The van der Waals surface area contributed by atoms with Crippen LogP contribution < -0.4 is 4.90 Å². The van der Waals surface area contributed by atoms with Gasteiger partial charge in [-0.3, -0.25) is 9.59 Å². The topological polar surface area (TPSA) is 61.2 Å². The molecule has 6 heteroatoms. The van der Waals surface area contributed by atoms with Gasteiger partial charge in [-0.05, 0) is 49.0 Å². The zero-order valence-electron chi connectivity index (χ0n) is 14.3. The number of carbonyl (C=O) groups excluding carboxylic acids is 2. The molecule has 4 nitrogen and oxygen atoms in total. The van der Waals surface area contributed by atoms with Crippen LogP contribution in [0.4, 0.5) is 5.69 Å². The monoisotopic (exact) mass is 386 g/mol. The van der Waals surface area contributed by atoms with E-state index in [0.717, 1.165) is 0 Å². The molecule has 1 saturated carbocycles. The SMILES string of the molecule is CC1([C@H]2C3C(=O)N(c4cc(Cl)cc(Cl)c4)C(=O)[C@]32C)C=CC(C#N)=CC1. The second-order valence-corrected chi connectivity index (χ2v) is 8.53. The molecule has 2 aliphatic carbocycles. The van der Waals surface area contributed by atoms with Crippen molar-refractivity contribution in [2.45, 2.75) is 20.3 Å². The number of allylic oxidation sites excluding steroid dienone is 4. The summed E-state index contributed by atoms with van der Waals surface area (Å²) in [6, 6.07) is 6.85. The third-order valence-corrected chi connectivity index (χ3v) is 6.45. The summed E-state index contributed by atoms with van der Waals surface area (Å²) < 4.78 is 0. The van der Waals surface area contributed by atoms with Crippen LogP contribution in [0.2, 0.25) is 10.0 Å². The molecule has 1 aromatic carbocycles. The van der Waals surface area contributed by atoms with Gasteiger partial charge in [0.25, 0.3) is 0 Å². The lowest BCUT2D eigenvalue weighted by Gasteiger charge is -2.32. The predicted molar refractivity (Wildman–Crippen MR) is 99.6 cm³/mol. The number of piperidine rings is 1. The summed E-state index contributed by atoms with van der Waals surface area (Å²) in [7, 11) is 0. The van der Waals surface area contributed by atoms with Gasteiger partial charge in [0.15, 0.2) is 0 Å². The van der Waals surface area contributed by atoms with Crippen LogP contribution in [0.25, 0.3) is 0 Å². The van der Waals surface area contributed by atoms with E-state index in [1.165, 1.54) is 4.90 Å². The number of carbonyl (C=O) groups is 2. The Labute approximate surface area is 161 Å². The molecule has 0 N–H and O–H groups in total. The number of halogens is 2. The van der Waals surface area contributed by atoms with Crippen molar-refractivity contribution >= 4 is 40.7 Å². The third kappa shape index (κ3) is 2.21.